The van der Waals surface area contributed by atoms with Crippen molar-refractivity contribution in [1.29, 1.82) is 0 Å². The van der Waals surface area contributed by atoms with Crippen molar-refractivity contribution in [2.24, 2.45) is 5.84 Å². The Morgan fingerprint density at radius 2 is 2.00 bits per heavy atom. The van der Waals surface area contributed by atoms with Crippen LogP contribution in [0.25, 0.3) is 0 Å². The van der Waals surface area contributed by atoms with Gasteiger partial charge in [-0.3, -0.25) is 5.84 Å². The zero-order valence-corrected chi connectivity index (χ0v) is 7.49. The summed E-state index contributed by atoms with van der Waals surface area (Å²) in [6.07, 6.45) is -4.77. The van der Waals surface area contributed by atoms with E-state index in [1.54, 1.807) is 0 Å². The van der Waals surface area contributed by atoms with Crippen LogP contribution < -0.4 is 16.0 Å². The van der Waals surface area contributed by atoms with E-state index in [4.69, 9.17) is 17.4 Å². The maximum absolute atomic E-state index is 11.8. The van der Waals surface area contributed by atoms with Crippen LogP contribution in [0.3, 0.4) is 0 Å². The molecule has 0 atom stereocenters. The molecule has 0 bridgehead atoms. The predicted octanol–water partition coefficient (Wildman–Crippen LogP) is 2.52. The minimum Gasteiger partial charge on any atom is -0.404 e. The van der Waals surface area contributed by atoms with E-state index in [0.717, 1.165) is 6.07 Å². The number of nitrogens with two attached hydrogens (primary N) is 1. The smallest absolute Gasteiger partial charge is 0.404 e. The molecule has 3 N–H and O–H groups in total. The fourth-order valence-corrected chi connectivity index (χ4v) is 1.04. The molecule has 14 heavy (non-hydrogen) atoms. The van der Waals surface area contributed by atoms with Gasteiger partial charge in [0.15, 0.2) is 0 Å². The molecule has 0 aromatic heterocycles. The number of alkyl halides is 3. The van der Waals surface area contributed by atoms with Crippen molar-refractivity contribution in [2.45, 2.75) is 6.36 Å². The van der Waals surface area contributed by atoms with Crippen LogP contribution >= 0.6 is 11.6 Å². The Labute approximate surface area is 82.6 Å². The van der Waals surface area contributed by atoms with Gasteiger partial charge in [0.05, 0.1) is 5.69 Å². The van der Waals surface area contributed by atoms with Crippen LogP contribution in [0, 0.1) is 0 Å². The standard InChI is InChI=1S/C7H6ClF3N2O/c8-6-4(13-12)2-1-3-5(6)14-7(9,10)11/h1-3,13H,12H2. The Morgan fingerprint density at radius 1 is 1.36 bits per heavy atom. The third kappa shape index (κ3) is 2.68. The normalized spacial score (nSPS) is 11.2. The van der Waals surface area contributed by atoms with Crippen molar-refractivity contribution in [1.82, 2.24) is 0 Å². The van der Waals surface area contributed by atoms with Crippen molar-refractivity contribution in [3.63, 3.8) is 0 Å². The van der Waals surface area contributed by atoms with Gasteiger partial charge in [-0.25, -0.2) is 0 Å². The van der Waals surface area contributed by atoms with Gasteiger partial charge in [0.25, 0.3) is 0 Å². The lowest BCUT2D eigenvalue weighted by atomic mass is 10.3. The number of anilines is 1. The first-order valence-electron chi connectivity index (χ1n) is 3.45. The van der Waals surface area contributed by atoms with E-state index in [0.29, 0.717) is 0 Å². The number of benzene rings is 1. The maximum atomic E-state index is 11.8. The Morgan fingerprint density at radius 3 is 2.50 bits per heavy atom. The third-order valence-corrected chi connectivity index (χ3v) is 1.73. The fourth-order valence-electron chi connectivity index (χ4n) is 0.826. The molecule has 0 aliphatic rings. The van der Waals surface area contributed by atoms with Gasteiger partial charge in [-0.2, -0.15) is 0 Å². The lowest BCUT2D eigenvalue weighted by Gasteiger charge is -2.12. The third-order valence-electron chi connectivity index (χ3n) is 1.34. The second kappa shape index (κ2) is 3.93. The lowest BCUT2D eigenvalue weighted by molar-refractivity contribution is -0.274. The molecule has 1 aromatic rings. The monoisotopic (exact) mass is 226 g/mol. The molecule has 78 valence electrons. The molecule has 0 amide bonds. The molecular weight excluding hydrogens is 221 g/mol. The van der Waals surface area contributed by atoms with E-state index in [1.807, 2.05) is 0 Å². The fraction of sp³-hybridized carbons (Fsp3) is 0.143. The molecule has 0 radical (unpaired) electrons. The molecule has 1 rings (SSSR count). The van der Waals surface area contributed by atoms with Crippen LogP contribution in [0.1, 0.15) is 0 Å². The highest BCUT2D eigenvalue weighted by Gasteiger charge is 2.32. The van der Waals surface area contributed by atoms with Crippen LogP contribution in [0.2, 0.25) is 5.02 Å². The number of rotatable bonds is 2. The van der Waals surface area contributed by atoms with Gasteiger partial charge in [0.2, 0.25) is 0 Å². The molecule has 0 heterocycles. The first-order chi connectivity index (χ1) is 6.44. The van der Waals surface area contributed by atoms with Gasteiger partial charge in [-0.05, 0) is 12.1 Å². The SMILES string of the molecule is NNc1cccc(OC(F)(F)F)c1Cl. The number of nitrogens with one attached hydrogen (secondary N) is 1. The highest BCUT2D eigenvalue weighted by Crippen LogP contribution is 2.34. The molecule has 0 saturated carbocycles. The van der Waals surface area contributed by atoms with Gasteiger partial charge in [-0.15, -0.1) is 13.2 Å². The first-order valence-corrected chi connectivity index (χ1v) is 3.82. The summed E-state index contributed by atoms with van der Waals surface area (Å²) >= 11 is 5.55. The van der Waals surface area contributed by atoms with Gasteiger partial charge in [-0.1, -0.05) is 17.7 Å². The summed E-state index contributed by atoms with van der Waals surface area (Å²) in [5, 5.41) is -0.215. The Kier molecular flexibility index (Phi) is 3.07. The average molecular weight is 227 g/mol. The summed E-state index contributed by atoms with van der Waals surface area (Å²) in [6.45, 7) is 0. The van der Waals surface area contributed by atoms with E-state index in [-0.39, 0.29) is 10.7 Å². The summed E-state index contributed by atoms with van der Waals surface area (Å²) in [4.78, 5) is 0. The van der Waals surface area contributed by atoms with Crippen LogP contribution in [-0.2, 0) is 0 Å². The Hall–Kier alpha value is -1.14. The molecule has 3 nitrogen and oxygen atoms in total. The van der Waals surface area contributed by atoms with Gasteiger partial charge >= 0.3 is 6.36 Å². The molecule has 0 saturated heterocycles. The first kappa shape index (κ1) is 10.9. The topological polar surface area (TPSA) is 47.3 Å². The Bertz CT molecular complexity index is 329. The summed E-state index contributed by atoms with van der Waals surface area (Å²) in [6, 6.07) is 3.85. The molecule has 0 spiro atoms. The van der Waals surface area contributed by atoms with E-state index in [2.05, 4.69) is 10.2 Å². The molecule has 0 aliphatic carbocycles. The number of nitrogen functional groups attached to an aromatic ring is 1. The minimum atomic E-state index is -4.77. The van der Waals surface area contributed by atoms with Gasteiger partial charge in [0, 0.05) is 0 Å². The van der Waals surface area contributed by atoms with Crippen molar-refractivity contribution in [3.8, 4) is 5.75 Å². The summed E-state index contributed by atoms with van der Waals surface area (Å²) < 4.78 is 39.1. The Balaban J connectivity index is 2.98. The van der Waals surface area contributed by atoms with Crippen molar-refractivity contribution in [3.05, 3.63) is 23.2 Å². The average Bonchev–Trinajstić information content (AvgIpc) is 2.06. The van der Waals surface area contributed by atoms with E-state index in [9.17, 15) is 13.2 Å². The number of hydrazine groups is 1. The van der Waals surface area contributed by atoms with Crippen LogP contribution in [0.4, 0.5) is 18.9 Å². The summed E-state index contributed by atoms with van der Waals surface area (Å²) in [5.41, 5.74) is 2.30. The second-order valence-corrected chi connectivity index (χ2v) is 2.69. The summed E-state index contributed by atoms with van der Waals surface area (Å²) in [5.74, 6) is 4.52. The molecule has 1 aromatic carbocycles. The molecule has 0 aliphatic heterocycles. The summed E-state index contributed by atoms with van der Waals surface area (Å²) in [7, 11) is 0. The van der Waals surface area contributed by atoms with Crippen LogP contribution in [0.5, 0.6) is 5.75 Å². The zero-order chi connectivity index (χ0) is 10.8. The van der Waals surface area contributed by atoms with Gasteiger partial charge < -0.3 is 10.2 Å². The predicted molar refractivity (Wildman–Crippen MR) is 45.9 cm³/mol. The van der Waals surface area contributed by atoms with Crippen molar-refractivity contribution >= 4 is 17.3 Å². The maximum Gasteiger partial charge on any atom is 0.573 e. The van der Waals surface area contributed by atoms with Crippen molar-refractivity contribution in [2.75, 3.05) is 5.43 Å². The number of hydrogen-bond donors (Lipinski definition) is 2. The number of halogens is 4. The van der Waals surface area contributed by atoms with Gasteiger partial charge in [0.1, 0.15) is 10.8 Å². The highest BCUT2D eigenvalue weighted by molar-refractivity contribution is 6.34. The van der Waals surface area contributed by atoms with E-state index in [1.165, 1.54) is 12.1 Å². The number of hydrogen-bond acceptors (Lipinski definition) is 3. The zero-order valence-electron chi connectivity index (χ0n) is 6.73. The molecule has 0 fully saturated rings. The molecule has 0 unspecified atom stereocenters. The van der Waals surface area contributed by atoms with E-state index >= 15 is 0 Å². The second-order valence-electron chi connectivity index (χ2n) is 2.31. The number of ether oxygens (including phenoxy) is 1. The van der Waals surface area contributed by atoms with E-state index < -0.39 is 12.1 Å². The lowest BCUT2D eigenvalue weighted by Crippen LogP contribution is -2.18. The largest absolute Gasteiger partial charge is 0.573 e. The molecule has 7 heteroatoms. The quantitative estimate of drug-likeness (QED) is 0.602. The molecular formula is C7H6ClF3N2O. The van der Waals surface area contributed by atoms with Crippen LogP contribution in [-0.4, -0.2) is 6.36 Å². The van der Waals surface area contributed by atoms with Crippen molar-refractivity contribution < 1.29 is 17.9 Å². The minimum absolute atomic E-state index is 0.161. The van der Waals surface area contributed by atoms with Crippen LogP contribution in [0.15, 0.2) is 18.2 Å². The highest BCUT2D eigenvalue weighted by atomic mass is 35.5.